The van der Waals surface area contributed by atoms with Crippen molar-refractivity contribution in [3.05, 3.63) is 23.3 Å². The fourth-order valence-corrected chi connectivity index (χ4v) is 2.29. The first kappa shape index (κ1) is 13.7. The summed E-state index contributed by atoms with van der Waals surface area (Å²) >= 11 is 0. The van der Waals surface area contributed by atoms with Gasteiger partial charge in [0.15, 0.2) is 0 Å². The molecule has 1 unspecified atom stereocenters. The molecule has 1 aromatic rings. The first-order valence-corrected chi connectivity index (χ1v) is 6.41. The quantitative estimate of drug-likeness (QED) is 0.860. The number of amides is 1. The van der Waals surface area contributed by atoms with Crippen molar-refractivity contribution in [1.82, 2.24) is 10.6 Å². The molecule has 1 aliphatic rings. The zero-order chi connectivity index (χ0) is 13.8. The summed E-state index contributed by atoms with van der Waals surface area (Å²) in [7, 11) is 3.23. The highest BCUT2D eigenvalue weighted by Gasteiger charge is 2.26. The summed E-state index contributed by atoms with van der Waals surface area (Å²) in [5, 5.41) is 6.14. The van der Waals surface area contributed by atoms with Crippen LogP contribution in [0.2, 0.25) is 0 Å². The molecule has 1 aliphatic heterocycles. The van der Waals surface area contributed by atoms with E-state index in [0.717, 1.165) is 29.8 Å². The molecule has 19 heavy (non-hydrogen) atoms. The van der Waals surface area contributed by atoms with Gasteiger partial charge in [-0.15, -0.1) is 0 Å². The van der Waals surface area contributed by atoms with E-state index in [4.69, 9.17) is 9.47 Å². The van der Waals surface area contributed by atoms with E-state index in [2.05, 4.69) is 10.6 Å². The van der Waals surface area contributed by atoms with Crippen LogP contribution in [0.3, 0.4) is 0 Å². The van der Waals surface area contributed by atoms with Gasteiger partial charge in [0.25, 0.3) is 0 Å². The van der Waals surface area contributed by atoms with Crippen molar-refractivity contribution in [3.63, 3.8) is 0 Å². The van der Waals surface area contributed by atoms with Crippen LogP contribution in [0.4, 0.5) is 0 Å². The minimum Gasteiger partial charge on any atom is -0.496 e. The third-order valence-corrected chi connectivity index (χ3v) is 3.32. The van der Waals surface area contributed by atoms with Crippen LogP contribution in [0.5, 0.6) is 11.5 Å². The highest BCUT2D eigenvalue weighted by atomic mass is 16.5. The molecular weight excluding hydrogens is 244 g/mol. The molecule has 0 radical (unpaired) electrons. The molecule has 1 heterocycles. The summed E-state index contributed by atoms with van der Waals surface area (Å²) in [6.07, 6.45) is 0.924. The number of methoxy groups -OCH3 is 2. The molecule has 2 N–H and O–H groups in total. The lowest BCUT2D eigenvalue weighted by atomic mass is 10.0. The van der Waals surface area contributed by atoms with Gasteiger partial charge in [0.1, 0.15) is 17.5 Å². The van der Waals surface area contributed by atoms with E-state index in [1.807, 2.05) is 19.1 Å². The summed E-state index contributed by atoms with van der Waals surface area (Å²) in [6.45, 7) is 3.45. The van der Waals surface area contributed by atoms with E-state index >= 15 is 0 Å². The van der Waals surface area contributed by atoms with Gasteiger partial charge >= 0.3 is 0 Å². The van der Waals surface area contributed by atoms with Crippen molar-refractivity contribution < 1.29 is 14.3 Å². The third kappa shape index (κ3) is 2.81. The second-order valence-electron chi connectivity index (χ2n) is 4.60. The number of carbonyl (C=O) groups excluding carboxylic acids is 1. The molecule has 5 nitrogen and oxygen atoms in total. The zero-order valence-electron chi connectivity index (χ0n) is 11.6. The predicted molar refractivity (Wildman–Crippen MR) is 72.7 cm³/mol. The minimum absolute atomic E-state index is 0.0262. The monoisotopic (exact) mass is 264 g/mol. The van der Waals surface area contributed by atoms with Crippen LogP contribution in [0.15, 0.2) is 12.1 Å². The van der Waals surface area contributed by atoms with E-state index in [1.165, 1.54) is 0 Å². The van der Waals surface area contributed by atoms with Crippen LogP contribution < -0.4 is 20.1 Å². The standard InChI is InChI=1S/C14H20N2O3/c1-9-7-12(19-3)10(8-11(9)18-2)13-14(17)16-6-4-5-15-13/h7-8,13,15H,4-6H2,1-3H3,(H,16,17). The van der Waals surface area contributed by atoms with Gasteiger partial charge in [-0.25, -0.2) is 0 Å². The van der Waals surface area contributed by atoms with E-state index in [-0.39, 0.29) is 5.91 Å². The van der Waals surface area contributed by atoms with Gasteiger partial charge in [0, 0.05) is 12.1 Å². The molecular formula is C14H20N2O3. The molecule has 1 amide bonds. The Balaban J connectivity index is 2.43. The maximum atomic E-state index is 12.1. The number of nitrogens with one attached hydrogen (secondary N) is 2. The summed E-state index contributed by atoms with van der Waals surface area (Å²) < 4.78 is 10.7. The summed E-state index contributed by atoms with van der Waals surface area (Å²) in [5.41, 5.74) is 1.79. The van der Waals surface area contributed by atoms with Gasteiger partial charge in [0.05, 0.1) is 14.2 Å². The molecule has 1 atom stereocenters. The Kier molecular flexibility index (Phi) is 4.27. The van der Waals surface area contributed by atoms with E-state index in [9.17, 15) is 4.79 Å². The van der Waals surface area contributed by atoms with Gasteiger partial charge in [-0.05, 0) is 37.6 Å². The van der Waals surface area contributed by atoms with Crippen molar-refractivity contribution in [1.29, 1.82) is 0 Å². The Morgan fingerprint density at radius 3 is 2.58 bits per heavy atom. The van der Waals surface area contributed by atoms with E-state index < -0.39 is 6.04 Å². The number of carbonyl (C=O) groups is 1. The van der Waals surface area contributed by atoms with Crippen LogP contribution in [0, 0.1) is 6.92 Å². The molecule has 0 saturated carbocycles. The van der Waals surface area contributed by atoms with Gasteiger partial charge in [0.2, 0.25) is 5.91 Å². The van der Waals surface area contributed by atoms with Gasteiger partial charge in [-0.3, -0.25) is 4.79 Å². The van der Waals surface area contributed by atoms with Crippen molar-refractivity contribution in [2.24, 2.45) is 0 Å². The molecule has 0 spiro atoms. The second-order valence-corrected chi connectivity index (χ2v) is 4.60. The Bertz CT molecular complexity index is 474. The zero-order valence-corrected chi connectivity index (χ0v) is 11.6. The Labute approximate surface area is 113 Å². The van der Waals surface area contributed by atoms with Crippen LogP contribution in [-0.2, 0) is 4.79 Å². The first-order valence-electron chi connectivity index (χ1n) is 6.41. The lowest BCUT2D eigenvalue weighted by Crippen LogP contribution is -2.34. The number of ether oxygens (including phenoxy) is 2. The largest absolute Gasteiger partial charge is 0.496 e. The van der Waals surface area contributed by atoms with Crippen molar-refractivity contribution >= 4 is 5.91 Å². The third-order valence-electron chi connectivity index (χ3n) is 3.32. The van der Waals surface area contributed by atoms with Gasteiger partial charge in [-0.1, -0.05) is 0 Å². The molecule has 2 rings (SSSR count). The lowest BCUT2D eigenvalue weighted by molar-refractivity contribution is -0.122. The fraction of sp³-hybridized carbons (Fsp3) is 0.500. The number of hydrogen-bond acceptors (Lipinski definition) is 4. The van der Waals surface area contributed by atoms with Crippen LogP contribution in [0.25, 0.3) is 0 Å². The molecule has 0 aromatic heterocycles. The predicted octanol–water partition coefficient (Wildman–Crippen LogP) is 1.16. The highest BCUT2D eigenvalue weighted by Crippen LogP contribution is 2.32. The second kappa shape index (κ2) is 5.93. The number of hydrogen-bond donors (Lipinski definition) is 2. The molecule has 1 fully saturated rings. The normalized spacial score (nSPS) is 19.5. The first-order chi connectivity index (χ1) is 9.17. The lowest BCUT2D eigenvalue weighted by Gasteiger charge is -2.19. The molecule has 104 valence electrons. The molecule has 0 aliphatic carbocycles. The maximum Gasteiger partial charge on any atom is 0.241 e. The Morgan fingerprint density at radius 1 is 1.16 bits per heavy atom. The average Bonchev–Trinajstić information content (AvgIpc) is 2.63. The summed E-state index contributed by atoms with van der Waals surface area (Å²) in [5.74, 6) is 1.43. The van der Waals surface area contributed by atoms with Gasteiger partial charge in [-0.2, -0.15) is 0 Å². The fourth-order valence-electron chi connectivity index (χ4n) is 2.29. The minimum atomic E-state index is -0.396. The van der Waals surface area contributed by atoms with Crippen molar-refractivity contribution in [3.8, 4) is 11.5 Å². The van der Waals surface area contributed by atoms with Crippen LogP contribution in [0.1, 0.15) is 23.6 Å². The smallest absolute Gasteiger partial charge is 0.241 e. The number of benzene rings is 1. The summed E-state index contributed by atoms with van der Waals surface area (Å²) in [6, 6.07) is 3.37. The molecule has 5 heteroatoms. The topological polar surface area (TPSA) is 59.6 Å². The average molecular weight is 264 g/mol. The van der Waals surface area contributed by atoms with Crippen molar-refractivity contribution in [2.75, 3.05) is 27.3 Å². The highest BCUT2D eigenvalue weighted by molar-refractivity contribution is 5.84. The van der Waals surface area contributed by atoms with E-state index in [0.29, 0.717) is 12.3 Å². The SMILES string of the molecule is COc1cc(C2NCCCNC2=O)c(OC)cc1C. The summed E-state index contributed by atoms with van der Waals surface area (Å²) in [4.78, 5) is 12.1. The molecule has 1 saturated heterocycles. The van der Waals surface area contributed by atoms with Gasteiger partial charge < -0.3 is 20.1 Å². The number of rotatable bonds is 3. The maximum absolute atomic E-state index is 12.1. The number of aryl methyl sites for hydroxylation is 1. The van der Waals surface area contributed by atoms with Crippen LogP contribution in [-0.4, -0.2) is 33.2 Å². The van der Waals surface area contributed by atoms with E-state index in [1.54, 1.807) is 14.2 Å². The Hall–Kier alpha value is -1.75. The molecule has 1 aromatic carbocycles. The van der Waals surface area contributed by atoms with Crippen molar-refractivity contribution in [2.45, 2.75) is 19.4 Å². The Morgan fingerprint density at radius 2 is 1.89 bits per heavy atom. The van der Waals surface area contributed by atoms with Crippen LogP contribution >= 0.6 is 0 Å². The molecule has 0 bridgehead atoms.